The Morgan fingerprint density at radius 1 is 0.273 bits per heavy atom. The highest BCUT2D eigenvalue weighted by molar-refractivity contribution is 5.78. The molecule has 10 rings (SSSR count). The van der Waals surface area contributed by atoms with E-state index in [0.29, 0.717) is 39.3 Å². The molecule has 0 saturated carbocycles. The van der Waals surface area contributed by atoms with Crippen LogP contribution in [0, 0.1) is 0 Å². The minimum absolute atomic E-state index is 0.371. The summed E-state index contributed by atoms with van der Waals surface area (Å²) < 4.78 is 31.7. The first-order valence-corrected chi connectivity index (χ1v) is 20.4. The zero-order valence-electron chi connectivity index (χ0n) is 34.6. The van der Waals surface area contributed by atoms with Gasteiger partial charge in [-0.05, 0) is 88.0 Å². The van der Waals surface area contributed by atoms with Crippen molar-refractivity contribution in [2.45, 2.75) is 0 Å². The molecule has 11 heteroatoms. The van der Waals surface area contributed by atoms with E-state index in [0.717, 1.165) is 50.1 Å². The Morgan fingerprint density at radius 2 is 0.636 bits per heavy atom. The van der Waals surface area contributed by atoms with E-state index in [-0.39, 0.29) is 11.3 Å². The molecule has 5 heterocycles. The Labute approximate surface area is 374 Å². The van der Waals surface area contributed by atoms with Gasteiger partial charge in [0.05, 0.1) is 11.1 Å². The average Bonchev–Trinajstić information content (AvgIpc) is 3.36. The lowest BCUT2D eigenvalue weighted by atomic mass is 9.99. The maximum atomic E-state index is 12.2. The first kappa shape index (κ1) is 42.0. The van der Waals surface area contributed by atoms with E-state index in [2.05, 4.69) is 0 Å². The molecule has 11 nitrogen and oxygen atoms in total. The molecule has 66 heavy (non-hydrogen) atoms. The molecule has 5 aromatic heterocycles. The van der Waals surface area contributed by atoms with Gasteiger partial charge in [-0.2, -0.15) is 0 Å². The summed E-state index contributed by atoms with van der Waals surface area (Å²) in [5.41, 5.74) is 8.51. The van der Waals surface area contributed by atoms with Crippen molar-refractivity contribution >= 4 is 0 Å². The number of ether oxygens (including phenoxy) is 1. The number of hydrogen-bond acceptors (Lipinski definition) is 11. The van der Waals surface area contributed by atoms with Crippen LogP contribution in [-0.2, 0) is 0 Å². The van der Waals surface area contributed by atoms with Crippen LogP contribution in [0.1, 0.15) is 0 Å². The topological polar surface area (TPSA) is 160 Å². The maximum absolute atomic E-state index is 12.2. The highest BCUT2D eigenvalue weighted by atomic mass is 16.5. The van der Waals surface area contributed by atoms with Crippen molar-refractivity contribution in [3.05, 3.63) is 259 Å². The highest BCUT2D eigenvalue weighted by Crippen LogP contribution is 2.37. The summed E-state index contributed by atoms with van der Waals surface area (Å²) in [6.07, 6.45) is 7.10. The Kier molecular flexibility index (Phi) is 12.1. The summed E-state index contributed by atoms with van der Waals surface area (Å²) in [6.45, 7) is 0. The summed E-state index contributed by atoms with van der Waals surface area (Å²) in [4.78, 5) is 58.4. The van der Waals surface area contributed by atoms with Gasteiger partial charge >= 0.3 is 28.1 Å². The molecular formula is C55H34O11. The van der Waals surface area contributed by atoms with Crippen LogP contribution in [-0.4, -0.2) is 0 Å². The standard InChI is InChI=1S/C28H18O4.C27H16O7/c29-27-25(21-7-3-1-4-8-21)15-23(17-31-27)19-11-13-20(14-12-19)24-16-26(28(30)32-18-24)22-9-5-2-6-10-22;28-25-10-4-19(14-31-25)17-1-7-22(8-2-17)34-24-9-3-18(20-5-11-26(29)32-15-20)13-23(24)21-6-12-27(30)33-16-21/h1-18H;1-16H. The second-order valence-corrected chi connectivity index (χ2v) is 14.8. The van der Waals surface area contributed by atoms with Gasteiger partial charge in [-0.1, -0.05) is 103 Å². The second kappa shape index (κ2) is 19.0. The van der Waals surface area contributed by atoms with Crippen LogP contribution in [0.25, 0.3) is 77.9 Å². The molecule has 0 saturated heterocycles. The molecule has 0 unspecified atom stereocenters. The smallest absolute Gasteiger partial charge is 0.343 e. The lowest BCUT2D eigenvalue weighted by molar-refractivity contribution is 0.483. The lowest BCUT2D eigenvalue weighted by Crippen LogP contribution is -2.02. The van der Waals surface area contributed by atoms with Gasteiger partial charge in [0, 0.05) is 51.6 Å². The largest absolute Gasteiger partial charge is 0.457 e. The van der Waals surface area contributed by atoms with E-state index < -0.39 is 16.9 Å². The third-order valence-electron chi connectivity index (χ3n) is 10.5. The SMILES string of the molecule is O=c1ccc(-c2ccc(Oc3ccc(-c4ccc(=O)oc4)cc3-c3ccc(=O)oc3)cc2)co1.O=c1occ(-c2ccc(-c3coc(=O)c(-c4ccccc4)c3)cc2)cc1-c1ccccc1. The van der Waals surface area contributed by atoms with E-state index in [1.807, 2.05) is 121 Å². The van der Waals surface area contributed by atoms with Crippen LogP contribution >= 0.6 is 0 Å². The van der Waals surface area contributed by atoms with Gasteiger partial charge in [0.1, 0.15) is 42.8 Å². The number of rotatable bonds is 9. The molecule has 0 aliphatic carbocycles. The summed E-state index contributed by atoms with van der Waals surface area (Å²) >= 11 is 0. The molecule has 0 radical (unpaired) electrons. The van der Waals surface area contributed by atoms with Crippen molar-refractivity contribution in [2.75, 3.05) is 0 Å². The van der Waals surface area contributed by atoms with Gasteiger partial charge in [0.25, 0.3) is 0 Å². The van der Waals surface area contributed by atoms with Crippen LogP contribution in [0.4, 0.5) is 0 Å². The van der Waals surface area contributed by atoms with E-state index in [1.54, 1.807) is 36.4 Å². The van der Waals surface area contributed by atoms with Crippen molar-refractivity contribution in [1.29, 1.82) is 0 Å². The van der Waals surface area contributed by atoms with Gasteiger partial charge in [-0.25, -0.2) is 24.0 Å². The molecule has 0 amide bonds. The van der Waals surface area contributed by atoms with Crippen molar-refractivity contribution in [3.8, 4) is 89.4 Å². The maximum Gasteiger partial charge on any atom is 0.343 e. The third kappa shape index (κ3) is 9.65. The van der Waals surface area contributed by atoms with Gasteiger partial charge in [-0.15, -0.1) is 0 Å². The summed E-state index contributed by atoms with van der Waals surface area (Å²) in [5.74, 6) is 1.12. The van der Waals surface area contributed by atoms with Crippen LogP contribution in [0.2, 0.25) is 0 Å². The average molecular weight is 871 g/mol. The molecule has 0 N–H and O–H groups in total. The normalized spacial score (nSPS) is 10.7. The van der Waals surface area contributed by atoms with Crippen molar-refractivity contribution in [2.24, 2.45) is 0 Å². The predicted octanol–water partition coefficient (Wildman–Crippen LogP) is 11.6. The first-order chi connectivity index (χ1) is 32.2. The molecule has 0 aliphatic heterocycles. The molecule has 5 aromatic carbocycles. The van der Waals surface area contributed by atoms with E-state index >= 15 is 0 Å². The summed E-state index contributed by atoms with van der Waals surface area (Å²) in [6, 6.07) is 52.2. The van der Waals surface area contributed by atoms with Gasteiger partial charge < -0.3 is 26.8 Å². The van der Waals surface area contributed by atoms with Gasteiger partial charge in [-0.3, -0.25) is 0 Å². The molecule has 0 bridgehead atoms. The van der Waals surface area contributed by atoms with Gasteiger partial charge in [0.2, 0.25) is 0 Å². The van der Waals surface area contributed by atoms with Crippen LogP contribution in [0.15, 0.2) is 253 Å². The van der Waals surface area contributed by atoms with Crippen molar-refractivity contribution in [1.82, 2.24) is 0 Å². The minimum Gasteiger partial charge on any atom is -0.457 e. The van der Waals surface area contributed by atoms with Crippen LogP contribution in [0.5, 0.6) is 11.5 Å². The Bertz CT molecular complexity index is 3420. The van der Waals surface area contributed by atoms with Gasteiger partial charge in [0.15, 0.2) is 0 Å². The third-order valence-corrected chi connectivity index (χ3v) is 10.5. The predicted molar refractivity (Wildman–Crippen MR) is 250 cm³/mol. The Morgan fingerprint density at radius 3 is 1.09 bits per heavy atom. The molecule has 10 aromatic rings. The van der Waals surface area contributed by atoms with E-state index in [1.165, 1.54) is 49.5 Å². The Hall–Kier alpha value is -9.35. The van der Waals surface area contributed by atoms with E-state index in [4.69, 9.17) is 26.8 Å². The fraction of sp³-hybridized carbons (Fsp3) is 0. The fourth-order valence-corrected chi connectivity index (χ4v) is 7.08. The van der Waals surface area contributed by atoms with Crippen LogP contribution in [0.3, 0.4) is 0 Å². The minimum atomic E-state index is -0.459. The number of benzene rings is 5. The van der Waals surface area contributed by atoms with E-state index in [9.17, 15) is 24.0 Å². The second-order valence-electron chi connectivity index (χ2n) is 14.8. The Balaban J connectivity index is 0.000000166. The van der Waals surface area contributed by atoms with Crippen molar-refractivity contribution in [3.63, 3.8) is 0 Å². The lowest BCUT2D eigenvalue weighted by Gasteiger charge is -2.13. The molecule has 0 fully saturated rings. The summed E-state index contributed by atoms with van der Waals surface area (Å²) in [5, 5.41) is 0. The summed E-state index contributed by atoms with van der Waals surface area (Å²) in [7, 11) is 0. The first-order valence-electron chi connectivity index (χ1n) is 20.4. The molecular weight excluding hydrogens is 837 g/mol. The van der Waals surface area contributed by atoms with Crippen molar-refractivity contribution < 1.29 is 26.8 Å². The fourth-order valence-electron chi connectivity index (χ4n) is 7.08. The molecule has 0 aliphatic rings. The molecule has 0 atom stereocenters. The number of hydrogen-bond donors (Lipinski definition) is 0. The zero-order chi connectivity index (χ0) is 45.4. The van der Waals surface area contributed by atoms with Crippen LogP contribution < -0.4 is 32.9 Å². The monoisotopic (exact) mass is 870 g/mol. The molecule has 0 spiro atoms. The quantitative estimate of drug-likeness (QED) is 0.136. The highest BCUT2D eigenvalue weighted by Gasteiger charge is 2.14. The zero-order valence-corrected chi connectivity index (χ0v) is 34.6. The molecule has 320 valence electrons.